The first-order valence-corrected chi connectivity index (χ1v) is 10.0. The fourth-order valence-electron chi connectivity index (χ4n) is 4.27. The average Bonchev–Trinajstić information content (AvgIpc) is 3.06. The van der Waals surface area contributed by atoms with Gasteiger partial charge in [0, 0.05) is 44.0 Å². The van der Waals surface area contributed by atoms with E-state index in [4.69, 9.17) is 0 Å². The molecule has 3 aromatic rings. The van der Waals surface area contributed by atoms with Gasteiger partial charge in [-0.1, -0.05) is 32.0 Å². The lowest BCUT2D eigenvalue weighted by Crippen LogP contribution is -2.50. The van der Waals surface area contributed by atoms with E-state index in [1.165, 1.54) is 4.68 Å². The summed E-state index contributed by atoms with van der Waals surface area (Å²) >= 11 is 0. The van der Waals surface area contributed by atoms with Gasteiger partial charge in [-0.15, -0.1) is 0 Å². The van der Waals surface area contributed by atoms with Crippen LogP contribution in [0.2, 0.25) is 0 Å². The van der Waals surface area contributed by atoms with Gasteiger partial charge in [0.1, 0.15) is 11.6 Å². The summed E-state index contributed by atoms with van der Waals surface area (Å²) in [6, 6.07) is 7.49. The number of amides is 1. The van der Waals surface area contributed by atoms with Gasteiger partial charge in [-0.2, -0.15) is 5.10 Å². The number of para-hydroxylation sites is 1. The lowest BCUT2D eigenvalue weighted by atomic mass is 10.1. The van der Waals surface area contributed by atoms with E-state index < -0.39 is 6.04 Å². The van der Waals surface area contributed by atoms with E-state index in [-0.39, 0.29) is 11.5 Å². The number of rotatable bonds is 4. The highest BCUT2D eigenvalue weighted by molar-refractivity contribution is 6.08. The Morgan fingerprint density at radius 1 is 1.11 bits per heavy atom. The van der Waals surface area contributed by atoms with Crippen molar-refractivity contribution in [3.8, 4) is 0 Å². The number of aryl methyl sites for hydroxylation is 1. The molecule has 1 saturated heterocycles. The maximum atomic E-state index is 13.5. The van der Waals surface area contributed by atoms with E-state index in [0.717, 1.165) is 49.0 Å². The molecule has 7 heteroatoms. The maximum absolute atomic E-state index is 13.5. The monoisotopic (exact) mass is 381 g/mol. The van der Waals surface area contributed by atoms with Crippen molar-refractivity contribution in [3.05, 3.63) is 40.8 Å². The van der Waals surface area contributed by atoms with Crippen molar-refractivity contribution < 1.29 is 4.79 Å². The lowest BCUT2D eigenvalue weighted by molar-refractivity contribution is -0.136. The lowest BCUT2D eigenvalue weighted by Gasteiger charge is -2.36. The number of nitrogens with zero attached hydrogens (tertiary/aromatic N) is 5. The molecule has 0 unspecified atom stereocenters. The minimum Gasteiger partial charge on any atom is -0.338 e. The molecule has 1 aromatic carbocycles. The van der Waals surface area contributed by atoms with Crippen molar-refractivity contribution in [2.24, 2.45) is 7.05 Å². The largest absolute Gasteiger partial charge is 0.338 e. The van der Waals surface area contributed by atoms with Crippen molar-refractivity contribution in [1.29, 1.82) is 0 Å². The van der Waals surface area contributed by atoms with Crippen molar-refractivity contribution >= 4 is 27.7 Å². The van der Waals surface area contributed by atoms with Gasteiger partial charge >= 0.3 is 0 Å². The molecule has 1 fully saturated rings. The van der Waals surface area contributed by atoms with Gasteiger partial charge in [0.2, 0.25) is 5.91 Å². The molecule has 1 aliphatic rings. The smallest absolute Gasteiger partial charge is 0.291 e. The Balaban J connectivity index is 1.85. The van der Waals surface area contributed by atoms with Crippen LogP contribution in [0.1, 0.15) is 26.3 Å². The first-order chi connectivity index (χ1) is 13.6. The Hall–Kier alpha value is -2.67. The van der Waals surface area contributed by atoms with Crippen molar-refractivity contribution in [3.63, 3.8) is 0 Å². The molecule has 28 heavy (non-hydrogen) atoms. The summed E-state index contributed by atoms with van der Waals surface area (Å²) in [5, 5.41) is 5.97. The van der Waals surface area contributed by atoms with Crippen molar-refractivity contribution in [2.75, 3.05) is 32.7 Å². The molecule has 0 radical (unpaired) electrons. The van der Waals surface area contributed by atoms with Crippen LogP contribution in [0, 0.1) is 0 Å². The predicted molar refractivity (Wildman–Crippen MR) is 111 cm³/mol. The molecule has 0 N–H and O–H groups in total. The zero-order valence-corrected chi connectivity index (χ0v) is 16.8. The van der Waals surface area contributed by atoms with Crippen LogP contribution >= 0.6 is 0 Å². The molecule has 0 saturated carbocycles. The zero-order chi connectivity index (χ0) is 19.8. The van der Waals surface area contributed by atoms with Gasteiger partial charge in [0.15, 0.2) is 0 Å². The van der Waals surface area contributed by atoms with Gasteiger partial charge in [-0.25, -0.2) is 4.68 Å². The molecular weight excluding hydrogens is 354 g/mol. The Labute approximate surface area is 164 Å². The molecule has 1 amide bonds. The molecule has 4 rings (SSSR count). The predicted octanol–water partition coefficient (Wildman–Crippen LogP) is 2.00. The summed E-state index contributed by atoms with van der Waals surface area (Å²) in [4.78, 5) is 30.7. The summed E-state index contributed by atoms with van der Waals surface area (Å²) in [7, 11) is 1.65. The number of fused-ring (bicyclic) bond motifs is 3. The molecule has 0 spiro atoms. The van der Waals surface area contributed by atoms with E-state index in [2.05, 4.69) is 16.9 Å². The second kappa shape index (κ2) is 7.39. The van der Waals surface area contributed by atoms with Crippen LogP contribution in [-0.2, 0) is 11.8 Å². The highest BCUT2D eigenvalue weighted by Gasteiger charge is 2.30. The van der Waals surface area contributed by atoms with Gasteiger partial charge in [0.25, 0.3) is 5.56 Å². The molecule has 0 bridgehead atoms. The first kappa shape index (κ1) is 18.7. The third kappa shape index (κ3) is 2.90. The van der Waals surface area contributed by atoms with Crippen LogP contribution in [0.15, 0.2) is 35.3 Å². The van der Waals surface area contributed by atoms with Gasteiger partial charge in [0.05, 0.1) is 11.7 Å². The summed E-state index contributed by atoms with van der Waals surface area (Å²) in [6.07, 6.45) is 2.36. The highest BCUT2D eigenvalue weighted by atomic mass is 16.2. The van der Waals surface area contributed by atoms with Crippen LogP contribution in [0.5, 0.6) is 0 Å². The average molecular weight is 381 g/mol. The van der Waals surface area contributed by atoms with E-state index in [1.807, 2.05) is 40.7 Å². The van der Waals surface area contributed by atoms with Crippen LogP contribution in [0.25, 0.3) is 21.8 Å². The molecule has 1 aliphatic heterocycles. The Morgan fingerprint density at radius 2 is 1.82 bits per heavy atom. The number of benzene rings is 1. The summed E-state index contributed by atoms with van der Waals surface area (Å²) in [6.45, 7) is 8.44. The molecule has 2 aromatic heterocycles. The second-order valence-corrected chi connectivity index (χ2v) is 7.41. The van der Waals surface area contributed by atoms with Gasteiger partial charge in [-0.3, -0.25) is 9.59 Å². The minimum atomic E-state index is -0.398. The summed E-state index contributed by atoms with van der Waals surface area (Å²) in [5.74, 6) is 0.0970. The Kier molecular flexibility index (Phi) is 4.93. The fraction of sp³-hybridized carbons (Fsp3) is 0.476. The standard InChI is InChI=1S/C21H27N5O2/c1-4-17(20(27)25-12-10-24(5-2)11-13-25)26-18-9-7-6-8-15(18)16-14-22-23(3)21(28)19(16)26/h6-9,14,17H,4-5,10-13H2,1-3H3/t17-/m1/s1. The zero-order valence-electron chi connectivity index (χ0n) is 16.8. The van der Waals surface area contributed by atoms with Crippen LogP contribution < -0.4 is 5.56 Å². The van der Waals surface area contributed by atoms with E-state index in [0.29, 0.717) is 11.9 Å². The number of carbonyl (C=O) groups excluding carboxylic acids is 1. The summed E-state index contributed by atoms with van der Waals surface area (Å²) < 4.78 is 3.29. The molecule has 148 valence electrons. The third-order valence-electron chi connectivity index (χ3n) is 5.92. The molecule has 0 aliphatic carbocycles. The second-order valence-electron chi connectivity index (χ2n) is 7.41. The number of carbonyl (C=O) groups is 1. The number of piperazine rings is 1. The number of aromatic nitrogens is 3. The molecular formula is C21H27N5O2. The Morgan fingerprint density at radius 3 is 2.50 bits per heavy atom. The van der Waals surface area contributed by atoms with Crippen LogP contribution in [0.4, 0.5) is 0 Å². The Bertz CT molecular complexity index is 1080. The van der Waals surface area contributed by atoms with Gasteiger partial charge in [-0.05, 0) is 19.0 Å². The molecule has 7 nitrogen and oxygen atoms in total. The van der Waals surface area contributed by atoms with Crippen LogP contribution in [0.3, 0.4) is 0 Å². The first-order valence-electron chi connectivity index (χ1n) is 10.0. The summed E-state index contributed by atoms with van der Waals surface area (Å²) in [5.41, 5.74) is 1.30. The minimum absolute atomic E-state index is 0.0970. The third-order valence-corrected chi connectivity index (χ3v) is 5.92. The number of hydrogen-bond acceptors (Lipinski definition) is 4. The number of hydrogen-bond donors (Lipinski definition) is 0. The SMILES string of the molecule is CC[C@H](C(=O)N1CCN(CC)CC1)n1c2ccccc2c2cnn(C)c(=O)c21. The van der Waals surface area contributed by atoms with Crippen molar-refractivity contribution in [1.82, 2.24) is 24.1 Å². The topological polar surface area (TPSA) is 63.4 Å². The molecule has 3 heterocycles. The van der Waals surface area contributed by atoms with Gasteiger partial charge < -0.3 is 14.4 Å². The number of likely N-dealkylation sites (N-methyl/N-ethyl adjacent to an activating group) is 1. The molecule has 1 atom stereocenters. The van der Waals surface area contributed by atoms with Crippen molar-refractivity contribution in [2.45, 2.75) is 26.3 Å². The maximum Gasteiger partial charge on any atom is 0.291 e. The highest BCUT2D eigenvalue weighted by Crippen LogP contribution is 2.31. The van der Waals surface area contributed by atoms with E-state index >= 15 is 0 Å². The van der Waals surface area contributed by atoms with E-state index in [1.54, 1.807) is 13.2 Å². The van der Waals surface area contributed by atoms with Crippen LogP contribution in [-0.4, -0.2) is 62.8 Å². The fourth-order valence-corrected chi connectivity index (χ4v) is 4.27. The van der Waals surface area contributed by atoms with E-state index in [9.17, 15) is 9.59 Å². The quantitative estimate of drug-likeness (QED) is 0.694. The normalized spacial score (nSPS) is 16.8.